The first kappa shape index (κ1) is 25.7. The molecule has 1 atom stereocenters. The first-order valence-electron chi connectivity index (χ1n) is 9.69. The number of rotatable bonds is 7. The van der Waals surface area contributed by atoms with E-state index < -0.39 is 42.5 Å². The summed E-state index contributed by atoms with van der Waals surface area (Å²) in [5, 5.41) is 1.28. The van der Waals surface area contributed by atoms with Crippen molar-refractivity contribution < 1.29 is 46.3 Å². The highest BCUT2D eigenvalue weighted by molar-refractivity contribution is 5.90. The number of hydrogen-bond donors (Lipinski definition) is 1. The Labute approximate surface area is 185 Å². The molecular formula is C19H20F4N4O6. The number of carbonyl (C=O) groups is 3. The van der Waals surface area contributed by atoms with Crippen LogP contribution in [0.3, 0.4) is 0 Å². The monoisotopic (exact) mass is 476 g/mol. The highest BCUT2D eigenvalue weighted by Crippen LogP contribution is 2.31. The van der Waals surface area contributed by atoms with Gasteiger partial charge in [0.15, 0.2) is 17.4 Å². The number of carbonyl (C=O) groups excluding carboxylic acids is 5. The van der Waals surface area contributed by atoms with Gasteiger partial charge in [0, 0.05) is 38.2 Å². The van der Waals surface area contributed by atoms with Crippen molar-refractivity contribution in [3.05, 3.63) is 23.8 Å². The zero-order valence-corrected chi connectivity index (χ0v) is 17.1. The number of hydrogen-bond acceptors (Lipinski definition) is 8. The second kappa shape index (κ2) is 11.9. The summed E-state index contributed by atoms with van der Waals surface area (Å²) in [5.74, 6) is -3.05. The quantitative estimate of drug-likeness (QED) is 0.460. The number of ketones is 1. The standard InChI is InChI=1S/C18H20F4N4O4.CO2/c19-13-7-11(26-9-12(30-18(26)29)1-2-15(28)17(21)22)8-14(20)16(13)24-4-3-23-25(10-27)6-5-24;2-1-3/h7-8,10,12,17,23H,1-6,9H2;/t12-;/m0./s1. The molecule has 0 radical (unpaired) electrons. The van der Waals surface area contributed by atoms with E-state index in [2.05, 4.69) is 5.43 Å². The fraction of sp³-hybridized carbons (Fsp3) is 0.474. The van der Waals surface area contributed by atoms with Gasteiger partial charge in [0.2, 0.25) is 6.41 Å². The third-order valence-electron chi connectivity index (χ3n) is 4.89. The third-order valence-corrected chi connectivity index (χ3v) is 4.89. The van der Waals surface area contributed by atoms with Gasteiger partial charge in [-0.15, -0.1) is 0 Å². The van der Waals surface area contributed by atoms with E-state index in [1.165, 1.54) is 9.91 Å². The second-order valence-corrected chi connectivity index (χ2v) is 6.96. The van der Waals surface area contributed by atoms with Crippen LogP contribution in [0.4, 0.5) is 33.7 Å². The Kier molecular flexibility index (Phi) is 9.30. The van der Waals surface area contributed by atoms with Gasteiger partial charge >= 0.3 is 12.2 Å². The molecule has 0 aliphatic carbocycles. The number of hydrazine groups is 1. The van der Waals surface area contributed by atoms with E-state index in [0.717, 1.165) is 17.0 Å². The molecule has 33 heavy (non-hydrogen) atoms. The molecule has 14 heteroatoms. The minimum atomic E-state index is -3.10. The van der Waals surface area contributed by atoms with Crippen molar-refractivity contribution in [1.82, 2.24) is 10.4 Å². The van der Waals surface area contributed by atoms with Crippen molar-refractivity contribution in [3.63, 3.8) is 0 Å². The van der Waals surface area contributed by atoms with Crippen LogP contribution in [0.15, 0.2) is 12.1 Å². The maximum absolute atomic E-state index is 14.7. The summed E-state index contributed by atoms with van der Waals surface area (Å²) in [5.41, 5.74) is 2.44. The molecule has 2 aliphatic heterocycles. The van der Waals surface area contributed by atoms with E-state index in [4.69, 9.17) is 14.3 Å². The Morgan fingerprint density at radius 3 is 2.42 bits per heavy atom. The Morgan fingerprint density at radius 2 is 1.85 bits per heavy atom. The van der Waals surface area contributed by atoms with Crippen LogP contribution in [0.5, 0.6) is 0 Å². The second-order valence-electron chi connectivity index (χ2n) is 6.96. The highest BCUT2D eigenvalue weighted by atomic mass is 19.3. The van der Waals surface area contributed by atoms with Crippen LogP contribution in [-0.4, -0.2) is 74.7 Å². The van der Waals surface area contributed by atoms with E-state index in [0.29, 0.717) is 13.0 Å². The van der Waals surface area contributed by atoms with Crippen molar-refractivity contribution in [2.75, 3.05) is 42.5 Å². The number of ether oxygens (including phenoxy) is 1. The summed E-state index contributed by atoms with van der Waals surface area (Å²) >= 11 is 0. The van der Waals surface area contributed by atoms with Crippen LogP contribution in [0.25, 0.3) is 0 Å². The van der Waals surface area contributed by atoms with Crippen molar-refractivity contribution in [3.8, 4) is 0 Å². The molecule has 0 aromatic heterocycles. The molecule has 0 spiro atoms. The predicted molar refractivity (Wildman–Crippen MR) is 102 cm³/mol. The molecule has 2 heterocycles. The number of halogens is 4. The molecule has 2 amide bonds. The van der Waals surface area contributed by atoms with Crippen LogP contribution in [0, 0.1) is 11.6 Å². The van der Waals surface area contributed by atoms with Gasteiger partial charge in [-0.05, 0) is 6.42 Å². The van der Waals surface area contributed by atoms with Crippen LogP contribution < -0.4 is 15.2 Å². The number of benzene rings is 1. The van der Waals surface area contributed by atoms with Gasteiger partial charge in [-0.1, -0.05) is 0 Å². The van der Waals surface area contributed by atoms with Gasteiger partial charge in [0.25, 0.3) is 6.43 Å². The lowest BCUT2D eigenvalue weighted by molar-refractivity contribution is -0.191. The van der Waals surface area contributed by atoms with Crippen LogP contribution >= 0.6 is 0 Å². The number of anilines is 2. The fourth-order valence-corrected chi connectivity index (χ4v) is 3.37. The molecule has 1 aromatic carbocycles. The minimum absolute atomic E-state index is 0.0797. The van der Waals surface area contributed by atoms with Crippen molar-refractivity contribution in [2.45, 2.75) is 25.4 Å². The SMILES string of the molecule is O=C=O.O=CN1CCN(c2c(F)cc(N3C[C@H](CCC(=O)C(F)F)OC3=O)cc2F)CCN1. The Bertz CT molecular complexity index is 889. The Hall–Kier alpha value is -3.51. The summed E-state index contributed by atoms with van der Waals surface area (Å²) < 4.78 is 59.1. The van der Waals surface area contributed by atoms with Crippen molar-refractivity contribution in [1.29, 1.82) is 0 Å². The highest BCUT2D eigenvalue weighted by Gasteiger charge is 2.34. The van der Waals surface area contributed by atoms with Gasteiger partial charge in [-0.2, -0.15) is 9.59 Å². The zero-order chi connectivity index (χ0) is 24.5. The topological polar surface area (TPSA) is 116 Å². The van der Waals surface area contributed by atoms with E-state index in [-0.39, 0.29) is 50.1 Å². The van der Waals surface area contributed by atoms with E-state index in [9.17, 15) is 31.9 Å². The molecule has 2 saturated heterocycles. The average Bonchev–Trinajstić information content (AvgIpc) is 2.98. The Balaban J connectivity index is 0.00000122. The fourth-order valence-electron chi connectivity index (χ4n) is 3.37. The average molecular weight is 476 g/mol. The summed E-state index contributed by atoms with van der Waals surface area (Å²) in [4.78, 5) is 52.6. The summed E-state index contributed by atoms with van der Waals surface area (Å²) in [6.45, 7) is 0.863. The lowest BCUT2D eigenvalue weighted by Crippen LogP contribution is -2.37. The number of Topliss-reactive ketones (excluding diaryl/α,β-unsaturated/α-hetero) is 1. The summed E-state index contributed by atoms with van der Waals surface area (Å²) in [7, 11) is 0. The normalized spacial score (nSPS) is 18.3. The number of amides is 2. The molecule has 0 unspecified atom stereocenters. The molecule has 3 rings (SSSR count). The first-order chi connectivity index (χ1) is 15.7. The summed E-state index contributed by atoms with van der Waals surface area (Å²) in [6, 6.07) is 1.98. The largest absolute Gasteiger partial charge is 0.444 e. The van der Waals surface area contributed by atoms with Crippen molar-refractivity contribution >= 4 is 35.8 Å². The maximum Gasteiger partial charge on any atom is 0.414 e. The first-order valence-corrected chi connectivity index (χ1v) is 9.69. The van der Waals surface area contributed by atoms with Gasteiger partial charge < -0.3 is 9.64 Å². The molecule has 10 nitrogen and oxygen atoms in total. The van der Waals surface area contributed by atoms with Gasteiger partial charge in [-0.25, -0.2) is 27.8 Å². The predicted octanol–water partition coefficient (Wildman–Crippen LogP) is 1.10. The van der Waals surface area contributed by atoms with E-state index >= 15 is 0 Å². The number of alkyl halides is 2. The van der Waals surface area contributed by atoms with Gasteiger partial charge in [0.1, 0.15) is 11.8 Å². The number of nitrogens with zero attached hydrogens (tertiary/aromatic N) is 3. The lowest BCUT2D eigenvalue weighted by Gasteiger charge is -2.24. The molecule has 0 saturated carbocycles. The smallest absolute Gasteiger partial charge is 0.414 e. The van der Waals surface area contributed by atoms with Gasteiger partial charge in [-0.3, -0.25) is 19.5 Å². The zero-order valence-electron chi connectivity index (χ0n) is 17.1. The molecule has 1 aromatic rings. The number of cyclic esters (lactones) is 1. The summed E-state index contributed by atoms with van der Waals surface area (Å²) in [6.07, 6.45) is -4.55. The molecule has 0 bridgehead atoms. The molecule has 180 valence electrons. The van der Waals surface area contributed by atoms with Crippen LogP contribution in [-0.2, 0) is 23.9 Å². The van der Waals surface area contributed by atoms with Crippen LogP contribution in [0.2, 0.25) is 0 Å². The molecular weight excluding hydrogens is 456 g/mol. The van der Waals surface area contributed by atoms with Crippen molar-refractivity contribution in [2.24, 2.45) is 0 Å². The molecule has 1 N–H and O–H groups in total. The third kappa shape index (κ3) is 6.73. The Morgan fingerprint density at radius 1 is 1.21 bits per heavy atom. The lowest BCUT2D eigenvalue weighted by atomic mass is 10.1. The van der Waals surface area contributed by atoms with Gasteiger partial charge in [0.05, 0.1) is 18.8 Å². The molecule has 2 fully saturated rings. The van der Waals surface area contributed by atoms with Crippen LogP contribution in [0.1, 0.15) is 12.8 Å². The van der Waals surface area contributed by atoms with E-state index in [1.807, 2.05) is 0 Å². The maximum atomic E-state index is 14.7. The van der Waals surface area contributed by atoms with E-state index in [1.54, 1.807) is 0 Å². The molecule has 2 aliphatic rings. The number of nitrogens with one attached hydrogen (secondary N) is 1. The minimum Gasteiger partial charge on any atom is -0.444 e.